The number of carbonyl (C=O) groups excluding carboxylic acids is 1. The van der Waals surface area contributed by atoms with Gasteiger partial charge < -0.3 is 10.6 Å². The number of amides is 1. The summed E-state index contributed by atoms with van der Waals surface area (Å²) in [6.07, 6.45) is 1.98. The fourth-order valence-electron chi connectivity index (χ4n) is 1.83. The third-order valence-electron chi connectivity index (χ3n) is 3.14. The molecular formula is C15H17N3O. The normalized spacial score (nSPS) is 10.2. The van der Waals surface area contributed by atoms with Gasteiger partial charge in [0.25, 0.3) is 0 Å². The lowest BCUT2D eigenvalue weighted by atomic mass is 10.1. The number of nitrogens with zero attached hydrogens (tertiary/aromatic N) is 2. The molecule has 0 aliphatic heterocycles. The van der Waals surface area contributed by atoms with Gasteiger partial charge in [0.2, 0.25) is 5.91 Å². The molecule has 4 nitrogen and oxygen atoms in total. The molecule has 0 unspecified atom stereocenters. The first kappa shape index (κ1) is 13.1. The molecule has 0 fully saturated rings. The fraction of sp³-hybridized carbons (Fsp3) is 0.200. The van der Waals surface area contributed by atoms with E-state index in [9.17, 15) is 4.79 Å². The number of hydrogen-bond donors (Lipinski definition) is 1. The summed E-state index contributed by atoms with van der Waals surface area (Å²) < 4.78 is 0. The van der Waals surface area contributed by atoms with Crippen molar-refractivity contribution >= 4 is 17.4 Å². The van der Waals surface area contributed by atoms with Crippen molar-refractivity contribution in [2.75, 3.05) is 17.7 Å². The Balaban J connectivity index is 2.12. The van der Waals surface area contributed by atoms with Crippen molar-refractivity contribution in [3.05, 3.63) is 53.7 Å². The Hall–Kier alpha value is -2.36. The topological polar surface area (TPSA) is 59.2 Å². The summed E-state index contributed by atoms with van der Waals surface area (Å²) in [5.41, 5.74) is 8.44. The molecule has 0 radical (unpaired) electrons. The number of aromatic nitrogens is 1. The van der Waals surface area contributed by atoms with Crippen molar-refractivity contribution in [2.45, 2.75) is 13.3 Å². The lowest BCUT2D eigenvalue weighted by Crippen LogP contribution is -2.28. The van der Waals surface area contributed by atoms with Crippen LogP contribution in [0.25, 0.3) is 0 Å². The molecule has 0 saturated carbocycles. The van der Waals surface area contributed by atoms with E-state index in [4.69, 9.17) is 5.73 Å². The van der Waals surface area contributed by atoms with Gasteiger partial charge in [-0.25, -0.2) is 4.98 Å². The third-order valence-corrected chi connectivity index (χ3v) is 3.14. The van der Waals surface area contributed by atoms with Crippen LogP contribution < -0.4 is 10.6 Å². The second-order valence-corrected chi connectivity index (χ2v) is 4.50. The number of hydrogen-bond acceptors (Lipinski definition) is 3. The summed E-state index contributed by atoms with van der Waals surface area (Å²) in [6, 6.07) is 11.4. The highest BCUT2D eigenvalue weighted by Crippen LogP contribution is 2.15. The van der Waals surface area contributed by atoms with E-state index in [1.165, 1.54) is 0 Å². The monoisotopic (exact) mass is 255 g/mol. The molecule has 1 heterocycles. The summed E-state index contributed by atoms with van der Waals surface area (Å²) >= 11 is 0. The van der Waals surface area contributed by atoms with Gasteiger partial charge in [-0.1, -0.05) is 24.3 Å². The van der Waals surface area contributed by atoms with Gasteiger partial charge in [-0.05, 0) is 30.2 Å². The number of carbonyl (C=O) groups is 1. The summed E-state index contributed by atoms with van der Waals surface area (Å²) in [5, 5.41) is 0. The van der Waals surface area contributed by atoms with E-state index in [0.717, 1.165) is 16.8 Å². The molecule has 2 rings (SSSR count). The van der Waals surface area contributed by atoms with Gasteiger partial charge in [-0.15, -0.1) is 0 Å². The molecule has 2 aromatic rings. The zero-order chi connectivity index (χ0) is 13.8. The lowest BCUT2D eigenvalue weighted by molar-refractivity contribution is -0.117. The minimum Gasteiger partial charge on any atom is -0.384 e. The van der Waals surface area contributed by atoms with Gasteiger partial charge in [0, 0.05) is 7.05 Å². The van der Waals surface area contributed by atoms with Crippen molar-refractivity contribution in [1.29, 1.82) is 0 Å². The Morgan fingerprint density at radius 2 is 2.00 bits per heavy atom. The van der Waals surface area contributed by atoms with Gasteiger partial charge in [0.1, 0.15) is 5.82 Å². The van der Waals surface area contributed by atoms with Crippen LogP contribution in [-0.2, 0) is 11.2 Å². The van der Waals surface area contributed by atoms with Crippen LogP contribution in [0.1, 0.15) is 11.1 Å². The zero-order valence-electron chi connectivity index (χ0n) is 11.1. The van der Waals surface area contributed by atoms with Crippen LogP contribution in [0.3, 0.4) is 0 Å². The standard InChI is InChI=1S/C15H17N3O/c1-11-5-3-4-6-12(11)9-15(19)18(2)13-7-8-14(16)17-10-13/h3-8,10H,9H2,1-2H3,(H2,16,17). The van der Waals surface area contributed by atoms with E-state index in [1.807, 2.05) is 31.2 Å². The predicted octanol–water partition coefficient (Wildman–Crippen LogP) is 2.18. The van der Waals surface area contributed by atoms with Crippen LogP contribution in [-0.4, -0.2) is 17.9 Å². The number of nitrogen functional groups attached to an aromatic ring is 1. The highest BCUT2D eigenvalue weighted by Gasteiger charge is 2.12. The Kier molecular flexibility index (Phi) is 3.80. The minimum atomic E-state index is 0.0286. The van der Waals surface area contributed by atoms with Crippen LogP contribution in [0.2, 0.25) is 0 Å². The van der Waals surface area contributed by atoms with Crippen molar-refractivity contribution in [1.82, 2.24) is 4.98 Å². The first-order valence-electron chi connectivity index (χ1n) is 6.10. The molecule has 0 aliphatic rings. The van der Waals surface area contributed by atoms with Gasteiger partial charge in [0.05, 0.1) is 18.3 Å². The summed E-state index contributed by atoms with van der Waals surface area (Å²) in [7, 11) is 1.74. The molecule has 0 aliphatic carbocycles. The Morgan fingerprint density at radius 3 is 2.63 bits per heavy atom. The molecule has 4 heteroatoms. The van der Waals surface area contributed by atoms with E-state index in [-0.39, 0.29) is 5.91 Å². The van der Waals surface area contributed by atoms with Crippen LogP contribution in [0, 0.1) is 6.92 Å². The average Bonchev–Trinajstić information content (AvgIpc) is 2.41. The predicted molar refractivity (Wildman–Crippen MR) is 76.9 cm³/mol. The first-order valence-corrected chi connectivity index (χ1v) is 6.10. The highest BCUT2D eigenvalue weighted by atomic mass is 16.2. The molecule has 0 spiro atoms. The number of aryl methyl sites for hydroxylation is 1. The maximum atomic E-state index is 12.2. The molecule has 2 N–H and O–H groups in total. The van der Waals surface area contributed by atoms with Crippen molar-refractivity contribution in [3.63, 3.8) is 0 Å². The average molecular weight is 255 g/mol. The number of rotatable bonds is 3. The molecule has 1 aromatic heterocycles. The molecule has 1 amide bonds. The lowest BCUT2D eigenvalue weighted by Gasteiger charge is -2.17. The molecule has 1 aromatic carbocycles. The Morgan fingerprint density at radius 1 is 1.26 bits per heavy atom. The quantitative estimate of drug-likeness (QED) is 0.914. The van der Waals surface area contributed by atoms with Gasteiger partial charge in [0.15, 0.2) is 0 Å². The van der Waals surface area contributed by atoms with Gasteiger partial charge in [-0.2, -0.15) is 0 Å². The minimum absolute atomic E-state index is 0.0286. The molecule has 0 atom stereocenters. The number of benzene rings is 1. The zero-order valence-corrected chi connectivity index (χ0v) is 11.1. The summed E-state index contributed by atoms with van der Waals surface area (Å²) in [4.78, 5) is 17.8. The SMILES string of the molecule is Cc1ccccc1CC(=O)N(C)c1ccc(N)nc1. The third kappa shape index (κ3) is 3.10. The largest absolute Gasteiger partial charge is 0.384 e. The smallest absolute Gasteiger partial charge is 0.231 e. The van der Waals surface area contributed by atoms with E-state index < -0.39 is 0 Å². The van der Waals surface area contributed by atoms with E-state index in [2.05, 4.69) is 4.98 Å². The number of nitrogens with two attached hydrogens (primary N) is 1. The number of likely N-dealkylation sites (N-methyl/N-ethyl adjacent to an activating group) is 1. The second kappa shape index (κ2) is 5.52. The Labute approximate surface area is 112 Å². The molecule has 19 heavy (non-hydrogen) atoms. The van der Waals surface area contributed by atoms with Crippen molar-refractivity contribution in [2.24, 2.45) is 0 Å². The van der Waals surface area contributed by atoms with E-state index in [1.54, 1.807) is 30.3 Å². The Bertz CT molecular complexity index is 578. The number of anilines is 2. The molecule has 98 valence electrons. The van der Waals surface area contributed by atoms with Crippen LogP contribution >= 0.6 is 0 Å². The summed E-state index contributed by atoms with van der Waals surface area (Å²) in [5.74, 6) is 0.476. The van der Waals surface area contributed by atoms with E-state index >= 15 is 0 Å². The number of pyridine rings is 1. The van der Waals surface area contributed by atoms with Gasteiger partial charge in [-0.3, -0.25) is 4.79 Å². The molecule has 0 bridgehead atoms. The molecular weight excluding hydrogens is 238 g/mol. The highest BCUT2D eigenvalue weighted by molar-refractivity contribution is 5.94. The second-order valence-electron chi connectivity index (χ2n) is 4.50. The van der Waals surface area contributed by atoms with Gasteiger partial charge >= 0.3 is 0 Å². The molecule has 0 saturated heterocycles. The van der Waals surface area contributed by atoms with Crippen molar-refractivity contribution in [3.8, 4) is 0 Å². The van der Waals surface area contributed by atoms with E-state index in [0.29, 0.717) is 12.2 Å². The maximum absolute atomic E-state index is 12.2. The van der Waals surface area contributed by atoms with Crippen LogP contribution in [0.5, 0.6) is 0 Å². The van der Waals surface area contributed by atoms with Crippen LogP contribution in [0.15, 0.2) is 42.6 Å². The first-order chi connectivity index (χ1) is 9.08. The van der Waals surface area contributed by atoms with Crippen LogP contribution in [0.4, 0.5) is 11.5 Å². The van der Waals surface area contributed by atoms with Crippen molar-refractivity contribution < 1.29 is 4.79 Å². The summed E-state index contributed by atoms with van der Waals surface area (Å²) in [6.45, 7) is 2.01. The maximum Gasteiger partial charge on any atom is 0.231 e. The fourth-order valence-corrected chi connectivity index (χ4v) is 1.83.